The SMILES string of the molecule is C=C1C[N-]C(=NCCC(=O)OCC)S1. The van der Waals surface area contributed by atoms with E-state index in [4.69, 9.17) is 4.74 Å². The third-order valence-corrected chi connectivity index (χ3v) is 2.35. The second kappa shape index (κ2) is 5.70. The van der Waals surface area contributed by atoms with Crippen LogP contribution in [-0.4, -0.2) is 30.8 Å². The van der Waals surface area contributed by atoms with E-state index in [9.17, 15) is 4.79 Å². The number of aliphatic imine (C=N–C) groups is 1. The molecule has 14 heavy (non-hydrogen) atoms. The average molecular weight is 213 g/mol. The van der Waals surface area contributed by atoms with Crippen LogP contribution in [0.25, 0.3) is 5.32 Å². The highest BCUT2D eigenvalue weighted by molar-refractivity contribution is 8.18. The molecule has 0 spiro atoms. The molecule has 1 saturated heterocycles. The molecule has 1 fully saturated rings. The average Bonchev–Trinajstić information content (AvgIpc) is 2.52. The van der Waals surface area contributed by atoms with Gasteiger partial charge >= 0.3 is 5.97 Å². The number of ether oxygens (including phenoxy) is 1. The quantitative estimate of drug-likeness (QED) is 0.670. The lowest BCUT2D eigenvalue weighted by Crippen LogP contribution is -2.05. The summed E-state index contributed by atoms with van der Waals surface area (Å²) in [6.07, 6.45) is 0.319. The van der Waals surface area contributed by atoms with Crippen LogP contribution in [-0.2, 0) is 9.53 Å². The van der Waals surface area contributed by atoms with Crippen LogP contribution in [0.1, 0.15) is 13.3 Å². The van der Waals surface area contributed by atoms with Crippen LogP contribution >= 0.6 is 11.8 Å². The van der Waals surface area contributed by atoms with Gasteiger partial charge in [-0.2, -0.15) is 0 Å². The second-order valence-electron chi connectivity index (χ2n) is 2.68. The zero-order chi connectivity index (χ0) is 10.4. The molecule has 0 bridgehead atoms. The normalized spacial score (nSPS) is 18.4. The van der Waals surface area contributed by atoms with Gasteiger partial charge in [0.25, 0.3) is 0 Å². The van der Waals surface area contributed by atoms with Crippen molar-refractivity contribution >= 4 is 22.9 Å². The van der Waals surface area contributed by atoms with Crippen molar-refractivity contribution < 1.29 is 9.53 Å². The van der Waals surface area contributed by atoms with Crippen molar-refractivity contribution in [3.05, 3.63) is 16.8 Å². The summed E-state index contributed by atoms with van der Waals surface area (Å²) in [5.74, 6) is -0.210. The Morgan fingerprint density at radius 1 is 1.79 bits per heavy atom. The Morgan fingerprint density at radius 3 is 3.14 bits per heavy atom. The number of thioether (sulfide) groups is 1. The molecule has 1 heterocycles. The maximum Gasteiger partial charge on any atom is 0.305 e. The molecule has 4 nitrogen and oxygen atoms in total. The number of carbonyl (C=O) groups is 1. The molecule has 1 aliphatic heterocycles. The largest absolute Gasteiger partial charge is 0.466 e. The number of esters is 1. The van der Waals surface area contributed by atoms with Crippen molar-refractivity contribution in [2.45, 2.75) is 13.3 Å². The topological polar surface area (TPSA) is 52.8 Å². The predicted octanol–water partition coefficient (Wildman–Crippen LogP) is 1.93. The van der Waals surface area contributed by atoms with Gasteiger partial charge in [-0.1, -0.05) is 6.58 Å². The first kappa shape index (κ1) is 11.1. The minimum Gasteiger partial charge on any atom is -0.466 e. The Hall–Kier alpha value is -0.970. The fourth-order valence-electron chi connectivity index (χ4n) is 0.908. The van der Waals surface area contributed by atoms with Crippen LogP contribution in [0.15, 0.2) is 16.5 Å². The highest BCUT2D eigenvalue weighted by Crippen LogP contribution is 2.28. The summed E-state index contributed by atoms with van der Waals surface area (Å²) in [5.41, 5.74) is 0. The summed E-state index contributed by atoms with van der Waals surface area (Å²) in [6.45, 7) is 7.07. The molecular weight excluding hydrogens is 200 g/mol. The van der Waals surface area contributed by atoms with Crippen LogP contribution in [0.2, 0.25) is 0 Å². The maximum absolute atomic E-state index is 10.9. The van der Waals surface area contributed by atoms with Gasteiger partial charge in [-0.3, -0.25) is 4.79 Å². The van der Waals surface area contributed by atoms with Gasteiger partial charge in [-0.05, 0) is 30.1 Å². The van der Waals surface area contributed by atoms with Crippen molar-refractivity contribution in [2.24, 2.45) is 4.99 Å². The van der Waals surface area contributed by atoms with Crippen LogP contribution < -0.4 is 0 Å². The summed E-state index contributed by atoms with van der Waals surface area (Å²) in [7, 11) is 0. The molecule has 0 unspecified atom stereocenters. The fourth-order valence-corrected chi connectivity index (χ4v) is 1.58. The van der Waals surface area contributed by atoms with Gasteiger partial charge in [-0.25, -0.2) is 0 Å². The number of amidine groups is 1. The van der Waals surface area contributed by atoms with Crippen molar-refractivity contribution in [3.8, 4) is 0 Å². The first-order valence-corrected chi connectivity index (χ1v) is 5.27. The summed E-state index contributed by atoms with van der Waals surface area (Å²) in [6, 6.07) is 0. The molecule has 1 rings (SSSR count). The molecule has 0 amide bonds. The summed E-state index contributed by atoms with van der Waals surface area (Å²) in [5, 5.41) is 4.84. The van der Waals surface area contributed by atoms with Crippen molar-refractivity contribution in [1.29, 1.82) is 0 Å². The predicted molar refractivity (Wildman–Crippen MR) is 58.5 cm³/mol. The number of rotatable bonds is 4. The van der Waals surface area contributed by atoms with E-state index < -0.39 is 0 Å². The molecule has 0 aromatic heterocycles. The molecule has 0 saturated carbocycles. The van der Waals surface area contributed by atoms with Crippen molar-refractivity contribution in [1.82, 2.24) is 0 Å². The molecule has 0 aromatic rings. The van der Waals surface area contributed by atoms with Crippen molar-refractivity contribution in [2.75, 3.05) is 19.7 Å². The third-order valence-electron chi connectivity index (χ3n) is 1.49. The molecule has 1 aliphatic rings. The van der Waals surface area contributed by atoms with E-state index in [1.807, 2.05) is 0 Å². The number of hydrogen-bond acceptors (Lipinski definition) is 4. The Balaban J connectivity index is 2.20. The molecule has 0 aliphatic carbocycles. The molecular formula is C9H13N2O2S-. The minimum absolute atomic E-state index is 0.210. The lowest BCUT2D eigenvalue weighted by molar-refractivity contribution is -0.142. The fraction of sp³-hybridized carbons (Fsp3) is 0.556. The second-order valence-corrected chi connectivity index (χ2v) is 3.82. The van der Waals surface area contributed by atoms with Crippen molar-refractivity contribution in [3.63, 3.8) is 0 Å². The van der Waals surface area contributed by atoms with Gasteiger partial charge in [0.1, 0.15) is 0 Å². The van der Waals surface area contributed by atoms with Gasteiger partial charge in [0.05, 0.1) is 6.61 Å². The zero-order valence-corrected chi connectivity index (χ0v) is 8.97. The Kier molecular flexibility index (Phi) is 4.52. The van der Waals surface area contributed by atoms with E-state index in [-0.39, 0.29) is 5.97 Å². The van der Waals surface area contributed by atoms with Crippen LogP contribution in [0, 0.1) is 0 Å². The smallest absolute Gasteiger partial charge is 0.305 e. The van der Waals surface area contributed by atoms with Gasteiger partial charge in [0.2, 0.25) is 0 Å². The van der Waals surface area contributed by atoms with E-state index in [0.29, 0.717) is 26.1 Å². The molecule has 5 heteroatoms. The van der Waals surface area contributed by atoms with Crippen LogP contribution in [0.3, 0.4) is 0 Å². The van der Waals surface area contributed by atoms with Gasteiger partial charge in [-0.15, -0.1) is 11.8 Å². The Morgan fingerprint density at radius 2 is 2.57 bits per heavy atom. The zero-order valence-electron chi connectivity index (χ0n) is 8.15. The number of carbonyl (C=O) groups excluding carboxylic acids is 1. The highest BCUT2D eigenvalue weighted by atomic mass is 32.2. The van der Waals surface area contributed by atoms with E-state index in [1.54, 1.807) is 6.92 Å². The monoisotopic (exact) mass is 213 g/mol. The molecule has 0 atom stereocenters. The third kappa shape index (κ3) is 3.83. The molecule has 78 valence electrons. The van der Waals surface area contributed by atoms with Crippen LogP contribution in [0.4, 0.5) is 0 Å². The first-order chi connectivity index (χ1) is 6.72. The molecule has 0 aromatic carbocycles. The van der Waals surface area contributed by atoms with Gasteiger partial charge in [0.15, 0.2) is 0 Å². The van der Waals surface area contributed by atoms with E-state index in [2.05, 4.69) is 16.9 Å². The van der Waals surface area contributed by atoms with Crippen LogP contribution in [0.5, 0.6) is 0 Å². The molecule has 0 N–H and O–H groups in total. The van der Waals surface area contributed by atoms with E-state index in [1.165, 1.54) is 11.8 Å². The standard InChI is InChI=1S/C9H13N2O2S/c1-3-13-8(12)4-5-10-9-11-6-7(2)14-9/h2-6H2,1H3/q-1. The first-order valence-electron chi connectivity index (χ1n) is 4.45. The van der Waals surface area contributed by atoms with E-state index in [0.717, 1.165) is 10.1 Å². The Labute approximate surface area is 87.8 Å². The number of hydrogen-bond donors (Lipinski definition) is 0. The Bertz CT molecular complexity index is 264. The maximum atomic E-state index is 10.9. The summed E-state index contributed by atoms with van der Waals surface area (Å²) < 4.78 is 4.76. The highest BCUT2D eigenvalue weighted by Gasteiger charge is 2.03. The minimum atomic E-state index is -0.210. The lowest BCUT2D eigenvalue weighted by atomic mass is 10.4. The number of nitrogens with zero attached hydrogens (tertiary/aromatic N) is 2. The van der Waals surface area contributed by atoms with Gasteiger partial charge < -0.3 is 15.0 Å². The van der Waals surface area contributed by atoms with Gasteiger partial charge in [0, 0.05) is 6.42 Å². The van der Waals surface area contributed by atoms with E-state index >= 15 is 0 Å². The molecule has 0 radical (unpaired) electrons. The summed E-state index contributed by atoms with van der Waals surface area (Å²) >= 11 is 1.47. The lowest BCUT2D eigenvalue weighted by Gasteiger charge is -2.07. The summed E-state index contributed by atoms with van der Waals surface area (Å²) in [4.78, 5) is 16.1.